The van der Waals surface area contributed by atoms with Gasteiger partial charge >= 0.3 is 5.97 Å². The van der Waals surface area contributed by atoms with Gasteiger partial charge in [-0.3, -0.25) is 9.59 Å². The fourth-order valence-electron chi connectivity index (χ4n) is 4.67. The quantitative estimate of drug-likeness (QED) is 0.0990. The molecule has 0 aliphatic rings. The average Bonchev–Trinajstić information content (AvgIpc) is 3.04. The molecule has 0 aliphatic heterocycles. The molecular weight excluding hydrogens is 552 g/mol. The van der Waals surface area contributed by atoms with Gasteiger partial charge in [-0.15, -0.1) is 0 Å². The molecule has 0 fully saturated rings. The van der Waals surface area contributed by atoms with Crippen LogP contribution in [0, 0.1) is 6.92 Å². The van der Waals surface area contributed by atoms with Crippen molar-refractivity contribution >= 4 is 29.4 Å². The van der Waals surface area contributed by atoms with Gasteiger partial charge in [0.15, 0.2) is 5.78 Å². The number of carboxylic acids is 1. The Labute approximate surface area is 258 Å². The molecule has 7 heteroatoms. The summed E-state index contributed by atoms with van der Waals surface area (Å²) >= 11 is 0. The number of ether oxygens (including phenoxy) is 1. The summed E-state index contributed by atoms with van der Waals surface area (Å²) in [6.45, 7) is 3.03. The topological polar surface area (TPSA) is 105 Å². The number of carbonyl (C=O) groups is 3. The van der Waals surface area contributed by atoms with Crippen molar-refractivity contribution in [3.63, 3.8) is 0 Å². The lowest BCUT2D eigenvalue weighted by Gasteiger charge is -2.18. The van der Waals surface area contributed by atoms with Crippen LogP contribution in [0.4, 0.5) is 5.69 Å². The van der Waals surface area contributed by atoms with Crippen LogP contribution in [-0.2, 0) is 16.0 Å². The highest BCUT2D eigenvalue weighted by molar-refractivity contribution is 6.12. The summed E-state index contributed by atoms with van der Waals surface area (Å²) in [5.41, 5.74) is 4.61. The summed E-state index contributed by atoms with van der Waals surface area (Å²) in [6, 6.07) is 30.3. The van der Waals surface area contributed by atoms with Crippen LogP contribution in [-0.4, -0.2) is 42.0 Å². The molecule has 0 bridgehead atoms. The van der Waals surface area contributed by atoms with Crippen molar-refractivity contribution in [2.75, 3.05) is 18.5 Å². The number of carboxylic acid groups (broad SMARTS) is 1. The summed E-state index contributed by atoms with van der Waals surface area (Å²) in [6.07, 6.45) is 6.07. The third kappa shape index (κ3) is 9.70. The lowest BCUT2D eigenvalue weighted by atomic mass is 10.00. The summed E-state index contributed by atoms with van der Waals surface area (Å²) in [5.74, 6) is -0.515. The summed E-state index contributed by atoms with van der Waals surface area (Å²) in [7, 11) is 0. The predicted molar refractivity (Wildman–Crippen MR) is 174 cm³/mol. The van der Waals surface area contributed by atoms with E-state index in [4.69, 9.17) is 4.74 Å². The number of benzene rings is 4. The molecule has 4 rings (SSSR count). The third-order valence-corrected chi connectivity index (χ3v) is 7.13. The van der Waals surface area contributed by atoms with Crippen LogP contribution < -0.4 is 15.4 Å². The first kappa shape index (κ1) is 31.8. The maximum atomic E-state index is 13.1. The van der Waals surface area contributed by atoms with Crippen LogP contribution in [0.3, 0.4) is 0 Å². The number of rotatable bonds is 16. The van der Waals surface area contributed by atoms with E-state index in [1.165, 1.54) is 5.56 Å². The molecule has 0 saturated heterocycles. The van der Waals surface area contributed by atoms with Crippen molar-refractivity contribution in [2.24, 2.45) is 0 Å². The molecule has 0 aromatic heterocycles. The normalized spacial score (nSPS) is 11.6. The van der Waals surface area contributed by atoms with Crippen molar-refractivity contribution in [3.8, 4) is 5.75 Å². The highest BCUT2D eigenvalue weighted by Gasteiger charge is 2.21. The van der Waals surface area contributed by atoms with Crippen molar-refractivity contribution in [2.45, 2.75) is 38.6 Å². The number of hydrogen-bond acceptors (Lipinski definition) is 5. The minimum atomic E-state index is -1.02. The molecule has 1 amide bonds. The van der Waals surface area contributed by atoms with E-state index in [9.17, 15) is 19.5 Å². The van der Waals surface area contributed by atoms with Gasteiger partial charge in [0.2, 0.25) is 5.91 Å². The Morgan fingerprint density at radius 2 is 1.57 bits per heavy atom. The Morgan fingerprint density at radius 3 is 2.32 bits per heavy atom. The minimum absolute atomic E-state index is 0.0115. The fraction of sp³-hybridized carbons (Fsp3) is 0.216. The monoisotopic (exact) mass is 590 g/mol. The van der Waals surface area contributed by atoms with Gasteiger partial charge in [0.05, 0.1) is 6.61 Å². The SMILES string of the molecule is Cc1ccccc1C=CCCC(=O)NCCCOc1ccc(C[C@H](Nc2ccccc2C(=O)c2ccccc2)C(=O)O)cc1. The first-order valence-electron chi connectivity index (χ1n) is 14.8. The molecule has 1 atom stereocenters. The molecule has 226 valence electrons. The number of amides is 1. The van der Waals surface area contributed by atoms with Crippen molar-refractivity contribution in [1.82, 2.24) is 5.32 Å². The van der Waals surface area contributed by atoms with E-state index in [0.29, 0.717) is 55.0 Å². The summed E-state index contributed by atoms with van der Waals surface area (Å²) in [4.78, 5) is 37.3. The predicted octanol–water partition coefficient (Wildman–Crippen LogP) is 6.71. The Hall–Kier alpha value is -5.17. The smallest absolute Gasteiger partial charge is 0.326 e. The van der Waals surface area contributed by atoms with Crippen LogP contribution in [0.25, 0.3) is 6.08 Å². The second-order valence-electron chi connectivity index (χ2n) is 10.5. The summed E-state index contributed by atoms with van der Waals surface area (Å²) in [5, 5.41) is 15.9. The highest BCUT2D eigenvalue weighted by Crippen LogP contribution is 2.22. The number of hydrogen-bond donors (Lipinski definition) is 3. The van der Waals surface area contributed by atoms with Crippen molar-refractivity contribution in [1.29, 1.82) is 0 Å². The molecule has 4 aromatic rings. The Kier molecular flexibility index (Phi) is 11.9. The Balaban J connectivity index is 1.20. The lowest BCUT2D eigenvalue weighted by Crippen LogP contribution is -2.32. The zero-order chi connectivity index (χ0) is 31.1. The van der Waals surface area contributed by atoms with Gasteiger partial charge in [0.1, 0.15) is 11.8 Å². The third-order valence-electron chi connectivity index (χ3n) is 7.13. The molecule has 0 unspecified atom stereocenters. The molecule has 0 heterocycles. The first-order chi connectivity index (χ1) is 21.4. The number of allylic oxidation sites excluding steroid dienone is 1. The number of nitrogens with one attached hydrogen (secondary N) is 2. The molecule has 0 spiro atoms. The summed E-state index contributed by atoms with van der Waals surface area (Å²) < 4.78 is 5.80. The van der Waals surface area contributed by atoms with Gasteiger partial charge in [-0.2, -0.15) is 0 Å². The second-order valence-corrected chi connectivity index (χ2v) is 10.5. The average molecular weight is 591 g/mol. The van der Waals surface area contributed by atoms with E-state index in [-0.39, 0.29) is 18.1 Å². The van der Waals surface area contributed by atoms with E-state index in [0.717, 1.165) is 11.1 Å². The first-order valence-corrected chi connectivity index (χ1v) is 14.8. The number of para-hydroxylation sites is 1. The highest BCUT2D eigenvalue weighted by atomic mass is 16.5. The number of aryl methyl sites for hydroxylation is 1. The van der Waals surface area contributed by atoms with Gasteiger partial charge in [-0.25, -0.2) is 4.79 Å². The fourth-order valence-corrected chi connectivity index (χ4v) is 4.67. The van der Waals surface area contributed by atoms with E-state index < -0.39 is 12.0 Å². The maximum Gasteiger partial charge on any atom is 0.326 e. The van der Waals surface area contributed by atoms with Gasteiger partial charge in [-0.1, -0.05) is 91.0 Å². The minimum Gasteiger partial charge on any atom is -0.494 e. The van der Waals surface area contributed by atoms with Crippen molar-refractivity contribution in [3.05, 3.63) is 137 Å². The largest absolute Gasteiger partial charge is 0.494 e. The number of anilines is 1. The molecule has 4 aromatic carbocycles. The van der Waals surface area contributed by atoms with E-state index in [1.807, 2.05) is 36.4 Å². The lowest BCUT2D eigenvalue weighted by molar-refractivity contribution is -0.137. The van der Waals surface area contributed by atoms with E-state index in [1.54, 1.807) is 60.7 Å². The molecule has 0 aliphatic carbocycles. The van der Waals surface area contributed by atoms with E-state index in [2.05, 4.69) is 35.8 Å². The van der Waals surface area contributed by atoms with Crippen LogP contribution in [0.15, 0.2) is 109 Å². The molecule has 3 N–H and O–H groups in total. The standard InChI is InChI=1S/C37H38N2O5/c1-27-12-5-6-13-29(27)14-7-10-19-35(40)38-24-11-25-44-31-22-20-28(21-23-31)26-34(37(42)43)39-33-18-9-8-17-32(33)36(41)30-15-3-2-4-16-30/h2-9,12-18,20-23,34,39H,10-11,19,24-26H2,1H3,(H,38,40)(H,42,43)/t34-/m0/s1. The van der Waals surface area contributed by atoms with Gasteiger partial charge in [0.25, 0.3) is 0 Å². The Bertz CT molecular complexity index is 1560. The number of aliphatic carboxylic acids is 1. The van der Waals surface area contributed by atoms with Gasteiger partial charge in [0, 0.05) is 36.2 Å². The maximum absolute atomic E-state index is 13.1. The van der Waals surface area contributed by atoms with Crippen LogP contribution >= 0.6 is 0 Å². The molecule has 0 saturated carbocycles. The van der Waals surface area contributed by atoms with Gasteiger partial charge < -0.3 is 20.5 Å². The molecular formula is C37H38N2O5. The van der Waals surface area contributed by atoms with E-state index >= 15 is 0 Å². The van der Waals surface area contributed by atoms with Crippen LogP contribution in [0.2, 0.25) is 0 Å². The molecule has 0 radical (unpaired) electrons. The second kappa shape index (κ2) is 16.5. The van der Waals surface area contributed by atoms with Crippen LogP contribution in [0.1, 0.15) is 51.9 Å². The van der Waals surface area contributed by atoms with Crippen molar-refractivity contribution < 1.29 is 24.2 Å². The number of ketones is 1. The number of carbonyl (C=O) groups excluding carboxylic acids is 2. The molecule has 44 heavy (non-hydrogen) atoms. The van der Waals surface area contributed by atoms with Crippen LogP contribution in [0.5, 0.6) is 5.75 Å². The zero-order valence-corrected chi connectivity index (χ0v) is 24.9. The molecule has 7 nitrogen and oxygen atoms in total. The Morgan fingerprint density at radius 1 is 0.864 bits per heavy atom. The van der Waals surface area contributed by atoms with Gasteiger partial charge in [-0.05, 0) is 60.7 Å². The zero-order valence-electron chi connectivity index (χ0n) is 24.9.